The molecule has 2 amide bonds. The summed E-state index contributed by atoms with van der Waals surface area (Å²) in [5.74, 6) is -1.54. The molecule has 3 rings (SSSR count). The van der Waals surface area contributed by atoms with E-state index in [1.807, 2.05) is 17.5 Å². The van der Waals surface area contributed by atoms with Gasteiger partial charge in [0.05, 0.1) is 11.4 Å². The van der Waals surface area contributed by atoms with Gasteiger partial charge < -0.3 is 10.6 Å². The van der Waals surface area contributed by atoms with Crippen LogP contribution in [-0.2, 0) is 26.2 Å². The minimum absolute atomic E-state index is 0.185. The summed E-state index contributed by atoms with van der Waals surface area (Å²) in [5, 5.41) is 6.90. The summed E-state index contributed by atoms with van der Waals surface area (Å²) in [4.78, 5) is 24.9. The third kappa shape index (κ3) is 4.94. The van der Waals surface area contributed by atoms with Gasteiger partial charge in [-0.2, -0.15) is 4.31 Å². The molecule has 0 unspecified atom stereocenters. The molecule has 0 atom stereocenters. The maximum Gasteiger partial charge on any atom is 0.313 e. The Morgan fingerprint density at radius 2 is 1.70 bits per heavy atom. The number of carbonyl (C=O) groups is 2. The Kier molecular flexibility index (Phi) is 6.25. The number of hydrogen-bond donors (Lipinski definition) is 2. The quantitative estimate of drug-likeness (QED) is 0.743. The first-order valence-corrected chi connectivity index (χ1v) is 11.0. The molecule has 2 aromatic rings. The molecular formula is C18H21N3O4S2. The van der Waals surface area contributed by atoms with Crippen molar-refractivity contribution in [2.45, 2.75) is 30.7 Å². The minimum atomic E-state index is -3.51. The molecule has 2 heterocycles. The van der Waals surface area contributed by atoms with Gasteiger partial charge in [-0.05, 0) is 48.6 Å². The molecule has 1 aliphatic heterocycles. The molecular weight excluding hydrogens is 386 g/mol. The van der Waals surface area contributed by atoms with E-state index in [1.54, 1.807) is 0 Å². The maximum absolute atomic E-state index is 12.6. The molecule has 144 valence electrons. The Balaban J connectivity index is 1.58. The molecule has 1 aliphatic rings. The van der Waals surface area contributed by atoms with Crippen molar-refractivity contribution in [3.8, 4) is 0 Å². The number of rotatable bonds is 5. The fourth-order valence-electron chi connectivity index (χ4n) is 2.81. The SMILES string of the molecule is O=C(NCc1cccs1)C(=O)Nc1ccc(S(=O)(=O)N2CCCCC2)cc1. The number of benzene rings is 1. The minimum Gasteiger partial charge on any atom is -0.343 e. The van der Waals surface area contributed by atoms with Crippen LogP contribution in [0.1, 0.15) is 24.1 Å². The lowest BCUT2D eigenvalue weighted by molar-refractivity contribution is -0.136. The number of sulfonamides is 1. The van der Waals surface area contributed by atoms with E-state index >= 15 is 0 Å². The molecule has 9 heteroatoms. The lowest BCUT2D eigenvalue weighted by atomic mass is 10.2. The summed E-state index contributed by atoms with van der Waals surface area (Å²) in [7, 11) is -3.51. The number of piperidine rings is 1. The lowest BCUT2D eigenvalue weighted by Crippen LogP contribution is -2.35. The van der Waals surface area contributed by atoms with E-state index in [0.29, 0.717) is 18.8 Å². The highest BCUT2D eigenvalue weighted by atomic mass is 32.2. The van der Waals surface area contributed by atoms with E-state index < -0.39 is 21.8 Å². The number of nitrogens with zero attached hydrogens (tertiary/aromatic N) is 1. The second-order valence-electron chi connectivity index (χ2n) is 6.21. The van der Waals surface area contributed by atoms with E-state index in [2.05, 4.69) is 10.6 Å². The van der Waals surface area contributed by atoms with E-state index in [4.69, 9.17) is 0 Å². The summed E-state index contributed by atoms with van der Waals surface area (Å²) >= 11 is 1.49. The second-order valence-corrected chi connectivity index (χ2v) is 9.18. The Morgan fingerprint density at radius 1 is 1.00 bits per heavy atom. The van der Waals surface area contributed by atoms with Gasteiger partial charge in [0.25, 0.3) is 0 Å². The van der Waals surface area contributed by atoms with Gasteiger partial charge in [0.1, 0.15) is 0 Å². The predicted molar refractivity (Wildman–Crippen MR) is 104 cm³/mol. The molecule has 0 saturated carbocycles. The first-order chi connectivity index (χ1) is 13.0. The van der Waals surface area contributed by atoms with E-state index in [-0.39, 0.29) is 11.4 Å². The van der Waals surface area contributed by atoms with Crippen LogP contribution in [0.15, 0.2) is 46.7 Å². The van der Waals surface area contributed by atoms with Crippen molar-refractivity contribution in [3.63, 3.8) is 0 Å². The molecule has 0 spiro atoms. The fourth-order valence-corrected chi connectivity index (χ4v) is 4.97. The Morgan fingerprint density at radius 3 is 2.33 bits per heavy atom. The Bertz CT molecular complexity index is 887. The highest BCUT2D eigenvalue weighted by Gasteiger charge is 2.25. The van der Waals surface area contributed by atoms with Crippen LogP contribution in [0.3, 0.4) is 0 Å². The van der Waals surface area contributed by atoms with Gasteiger partial charge in [-0.1, -0.05) is 12.5 Å². The van der Waals surface area contributed by atoms with E-state index in [1.165, 1.54) is 39.9 Å². The number of thiophene rings is 1. The molecule has 27 heavy (non-hydrogen) atoms. The van der Waals surface area contributed by atoms with Gasteiger partial charge in [0.15, 0.2) is 0 Å². The van der Waals surface area contributed by atoms with Gasteiger partial charge in [0.2, 0.25) is 10.0 Å². The molecule has 0 radical (unpaired) electrons. The van der Waals surface area contributed by atoms with Crippen molar-refractivity contribution in [1.29, 1.82) is 0 Å². The lowest BCUT2D eigenvalue weighted by Gasteiger charge is -2.25. The van der Waals surface area contributed by atoms with Gasteiger partial charge >= 0.3 is 11.8 Å². The summed E-state index contributed by atoms with van der Waals surface area (Å²) in [6.45, 7) is 1.35. The molecule has 0 bridgehead atoms. The molecule has 2 N–H and O–H groups in total. The number of carbonyl (C=O) groups excluding carboxylic acids is 2. The van der Waals surface area contributed by atoms with E-state index in [9.17, 15) is 18.0 Å². The van der Waals surface area contributed by atoms with Crippen molar-refractivity contribution in [1.82, 2.24) is 9.62 Å². The van der Waals surface area contributed by atoms with Crippen LogP contribution in [0.4, 0.5) is 5.69 Å². The predicted octanol–water partition coefficient (Wildman–Crippen LogP) is 2.18. The third-order valence-corrected chi connectivity index (χ3v) is 7.06. The Hall–Kier alpha value is -2.23. The van der Waals surface area contributed by atoms with Gasteiger partial charge in [-0.3, -0.25) is 9.59 Å². The fraction of sp³-hybridized carbons (Fsp3) is 0.333. The first kappa shape index (κ1) is 19.5. The maximum atomic E-state index is 12.6. The highest BCUT2D eigenvalue weighted by molar-refractivity contribution is 7.89. The van der Waals surface area contributed by atoms with E-state index in [0.717, 1.165) is 24.1 Å². The highest BCUT2D eigenvalue weighted by Crippen LogP contribution is 2.22. The smallest absolute Gasteiger partial charge is 0.313 e. The number of anilines is 1. The van der Waals surface area contributed by atoms with Crippen molar-refractivity contribution >= 4 is 38.9 Å². The van der Waals surface area contributed by atoms with Crippen LogP contribution in [-0.4, -0.2) is 37.6 Å². The van der Waals surface area contributed by atoms with Crippen LogP contribution >= 0.6 is 11.3 Å². The number of nitrogens with one attached hydrogen (secondary N) is 2. The second kappa shape index (κ2) is 8.64. The van der Waals surface area contributed by atoms with Crippen LogP contribution in [0.5, 0.6) is 0 Å². The van der Waals surface area contributed by atoms with Crippen molar-refractivity contribution in [3.05, 3.63) is 46.7 Å². The average Bonchev–Trinajstić information content (AvgIpc) is 3.21. The summed E-state index contributed by atoms with van der Waals surface area (Å²) in [6, 6.07) is 9.60. The summed E-state index contributed by atoms with van der Waals surface area (Å²) in [5.41, 5.74) is 0.365. The standard InChI is InChI=1S/C18H21N3O4S2/c22-17(19-13-15-5-4-12-26-15)18(23)20-14-6-8-16(9-7-14)27(24,25)21-10-2-1-3-11-21/h4-9,12H,1-3,10-11,13H2,(H,19,22)(H,20,23). The number of amides is 2. The summed E-state index contributed by atoms with van der Waals surface area (Å²) in [6.07, 6.45) is 2.79. The average molecular weight is 408 g/mol. The third-order valence-electron chi connectivity index (χ3n) is 4.27. The zero-order valence-corrected chi connectivity index (χ0v) is 16.3. The van der Waals surface area contributed by atoms with Crippen LogP contribution < -0.4 is 10.6 Å². The van der Waals surface area contributed by atoms with Crippen molar-refractivity contribution in [2.24, 2.45) is 0 Å². The first-order valence-electron chi connectivity index (χ1n) is 8.68. The zero-order valence-electron chi connectivity index (χ0n) is 14.7. The monoisotopic (exact) mass is 407 g/mol. The molecule has 1 aromatic heterocycles. The molecule has 1 fully saturated rings. The van der Waals surface area contributed by atoms with Crippen LogP contribution in [0.2, 0.25) is 0 Å². The number of hydrogen-bond acceptors (Lipinski definition) is 5. The Labute approximate surface area is 162 Å². The topological polar surface area (TPSA) is 95.6 Å². The normalized spacial score (nSPS) is 15.3. The largest absolute Gasteiger partial charge is 0.343 e. The molecule has 1 saturated heterocycles. The molecule has 7 nitrogen and oxygen atoms in total. The summed E-state index contributed by atoms with van der Waals surface area (Å²) < 4.78 is 26.7. The van der Waals surface area contributed by atoms with Gasteiger partial charge in [0, 0.05) is 23.7 Å². The van der Waals surface area contributed by atoms with Gasteiger partial charge in [-0.15, -0.1) is 11.3 Å². The van der Waals surface area contributed by atoms with Crippen LogP contribution in [0, 0.1) is 0 Å². The van der Waals surface area contributed by atoms with Gasteiger partial charge in [-0.25, -0.2) is 8.42 Å². The van der Waals surface area contributed by atoms with Crippen molar-refractivity contribution in [2.75, 3.05) is 18.4 Å². The van der Waals surface area contributed by atoms with Crippen LogP contribution in [0.25, 0.3) is 0 Å². The molecule has 1 aromatic carbocycles. The van der Waals surface area contributed by atoms with Crippen molar-refractivity contribution < 1.29 is 18.0 Å². The zero-order chi connectivity index (χ0) is 19.3. The molecule has 0 aliphatic carbocycles.